The fraction of sp³-hybridized carbons (Fsp3) is 0.800. The molecule has 4 aliphatic carbocycles. The number of carboxylic acids is 7. The summed E-state index contributed by atoms with van der Waals surface area (Å²) in [4.78, 5) is 69.8. The molecule has 0 aromatic rings. The summed E-state index contributed by atoms with van der Waals surface area (Å²) in [6.45, 7) is 4.84. The summed E-state index contributed by atoms with van der Waals surface area (Å²) in [7, 11) is 9.75. The van der Waals surface area contributed by atoms with E-state index in [0.717, 1.165) is 44.3 Å². The predicted octanol–water partition coefficient (Wildman–Crippen LogP) is 1.51. The molecule has 0 aromatic heterocycles. The minimum atomic E-state index is -1.44. The summed E-state index contributed by atoms with van der Waals surface area (Å²) in [5, 5.41) is 68.4. The maximum atomic E-state index is 10.4. The number of rotatable bonds is 10. The largest absolute Gasteiger partial charge is 0 e. The van der Waals surface area contributed by atoms with Gasteiger partial charge in [-0.15, -0.1) is 0 Å². The molecule has 67 heavy (non-hydrogen) atoms. The van der Waals surface area contributed by atoms with Crippen LogP contribution in [0.3, 0.4) is 0 Å². The van der Waals surface area contributed by atoms with Gasteiger partial charge in [-0.2, -0.15) is 0 Å². The minimum absolute atomic E-state index is 0. The first kappa shape index (κ1) is 93.0. The summed E-state index contributed by atoms with van der Waals surface area (Å²) in [6.07, 6.45) is 10.5. The van der Waals surface area contributed by atoms with Crippen LogP contribution < -0.4 is 58.6 Å². The molecule has 0 bridgehead atoms. The quantitative estimate of drug-likeness (QED) is 0.138. The van der Waals surface area contributed by atoms with Crippen LogP contribution in [0.1, 0.15) is 103 Å². The Morgan fingerprint density at radius 1 is 0.567 bits per heavy atom. The molecular formula is C35H78Cl2N10O15Pt5. The fourth-order valence-corrected chi connectivity index (χ4v) is 5.63. The number of aliphatic hydroxyl groups excluding tert-OH is 1. The number of carboxylic acid groups (broad SMARTS) is 7. The van der Waals surface area contributed by atoms with Crippen LogP contribution in [0.5, 0.6) is 0 Å². The van der Waals surface area contributed by atoms with Crippen molar-refractivity contribution in [3.8, 4) is 0 Å². The third-order valence-corrected chi connectivity index (χ3v) is 10.2. The number of aliphatic carboxylic acids is 7. The summed E-state index contributed by atoms with van der Waals surface area (Å²) >= 11 is -0.472. The smallest absolute Gasteiger partial charge is 0 e. The van der Waals surface area contributed by atoms with Crippen molar-refractivity contribution in [2.75, 3.05) is 26.2 Å². The maximum absolute atomic E-state index is 10.4. The average molecular weight is 1930 g/mol. The van der Waals surface area contributed by atoms with Gasteiger partial charge in [0, 0.05) is 109 Å². The van der Waals surface area contributed by atoms with Gasteiger partial charge in [0.25, 0.3) is 0 Å². The van der Waals surface area contributed by atoms with Crippen LogP contribution in [0.25, 0.3) is 0 Å². The molecule has 422 valence electrons. The zero-order chi connectivity index (χ0) is 46.4. The molecule has 0 aromatic carbocycles. The van der Waals surface area contributed by atoms with Crippen molar-refractivity contribution in [1.29, 1.82) is 0 Å². The minimum Gasteiger partial charge on any atom is 0 e. The van der Waals surface area contributed by atoms with Crippen molar-refractivity contribution in [1.82, 2.24) is 29.9 Å². The van der Waals surface area contributed by atoms with Gasteiger partial charge in [0.05, 0.1) is 0 Å². The van der Waals surface area contributed by atoms with E-state index in [2.05, 4.69) is 5.32 Å². The second-order valence-electron chi connectivity index (χ2n) is 14.3. The van der Waals surface area contributed by atoms with E-state index in [1.807, 2.05) is 0 Å². The van der Waals surface area contributed by atoms with E-state index in [0.29, 0.717) is 18.9 Å². The Balaban J connectivity index is -0.0000000592. The van der Waals surface area contributed by atoms with Gasteiger partial charge in [0.1, 0.15) is 12.5 Å². The first-order valence-corrected chi connectivity index (χ1v) is 24.6. The number of hydrogen-bond donors (Lipinski definition) is 18. The molecule has 5 fully saturated rings. The summed E-state index contributed by atoms with van der Waals surface area (Å²) < 4.78 is 0. The molecule has 1 saturated heterocycles. The summed E-state index contributed by atoms with van der Waals surface area (Å²) in [5.74, 6) is -7.12. The number of halogens is 2. The molecule has 0 spiro atoms. The Morgan fingerprint density at radius 2 is 0.851 bits per heavy atom. The van der Waals surface area contributed by atoms with Gasteiger partial charge in [-0.1, -0.05) is 12.8 Å². The Morgan fingerprint density at radius 3 is 0.925 bits per heavy atom. The zero-order valence-corrected chi connectivity index (χ0v) is 50.3. The van der Waals surface area contributed by atoms with E-state index in [-0.39, 0.29) is 147 Å². The third kappa shape index (κ3) is 41.1. The normalized spacial score (nSPS) is 21.1. The Labute approximate surface area is 466 Å². The van der Waals surface area contributed by atoms with Gasteiger partial charge in [0.2, 0.25) is 0 Å². The molecule has 1 heterocycles. The van der Waals surface area contributed by atoms with Crippen LogP contribution in [-0.2, 0) is 134 Å². The third-order valence-electron chi connectivity index (χ3n) is 10.2. The van der Waals surface area contributed by atoms with Crippen molar-refractivity contribution in [2.45, 2.75) is 127 Å². The predicted molar refractivity (Wildman–Crippen MR) is 233 cm³/mol. The molecule has 0 amide bonds. The molecule has 31 N–H and O–H groups in total. The van der Waals surface area contributed by atoms with Crippen molar-refractivity contribution in [3.05, 3.63) is 0 Å². The van der Waals surface area contributed by atoms with Crippen LogP contribution in [0.2, 0.25) is 0 Å². The topological polar surface area (TPSA) is 563 Å². The molecule has 5 aliphatic rings. The van der Waals surface area contributed by atoms with Crippen LogP contribution in [0, 0.1) is 22.7 Å². The molecule has 5 rings (SSSR count). The first-order chi connectivity index (χ1) is 27.5. The molecule has 32 heteroatoms. The van der Waals surface area contributed by atoms with Gasteiger partial charge in [-0.25, -0.2) is 4.79 Å². The number of nitrogens with two attached hydrogens (primary N) is 5. The van der Waals surface area contributed by atoms with Gasteiger partial charge >= 0.3 is 77.1 Å². The Hall–Kier alpha value is -0.128. The molecule has 4 saturated carbocycles. The average Bonchev–Trinajstić information content (AvgIpc) is 3.60. The number of carbonyl (C=O) groups is 7. The SMILES string of the molecule is C[C@H](O)C(=O)O.N.N.N.N.NCC1CCC1CN.NC[C@@H]1CCCN1.N[C@H]1CCCC[C@@H]1N.O=C(O)C1(C(=O)O)CCC1.O=C(O)C1(C(=O)O)CCC1.O=C(O)CC(=O)O.[Cl][Pt][Cl].[Pt].[Pt].[Pt].[Pt]. The number of hydrogen-bond acceptors (Lipinski definition) is 18. The second-order valence-corrected chi connectivity index (χ2v) is 17.6. The second kappa shape index (κ2) is 53.7. The van der Waals surface area contributed by atoms with Crippen molar-refractivity contribution < 1.29 is 175 Å². The number of nitrogens with one attached hydrogen (secondary N) is 1. The van der Waals surface area contributed by atoms with Crippen LogP contribution in [0.15, 0.2) is 0 Å². The Bertz CT molecular complexity index is 1180. The van der Waals surface area contributed by atoms with Gasteiger partial charge in [0.15, 0.2) is 10.8 Å². The van der Waals surface area contributed by atoms with Crippen molar-refractivity contribution in [3.63, 3.8) is 0 Å². The molecule has 25 nitrogen and oxygen atoms in total. The van der Waals surface area contributed by atoms with Crippen molar-refractivity contribution in [2.24, 2.45) is 51.3 Å². The van der Waals surface area contributed by atoms with E-state index < -0.39 is 81.6 Å². The first-order valence-electron chi connectivity index (χ1n) is 18.9. The number of aliphatic hydroxyl groups is 1. The summed E-state index contributed by atoms with van der Waals surface area (Å²) in [6, 6.07) is 1.19. The molecule has 2 unspecified atom stereocenters. The molecule has 1 aliphatic heterocycles. The van der Waals surface area contributed by atoms with Crippen molar-refractivity contribution >= 4 is 60.6 Å². The van der Waals surface area contributed by atoms with E-state index in [1.54, 1.807) is 0 Å². The van der Waals surface area contributed by atoms with Crippen LogP contribution in [-0.4, -0.2) is 133 Å². The standard InChI is InChI=1S/2C6H14N2.2C6H8O4.C5H12N2.C3H4O4.C3H6O3.2ClH.4H3N.5Pt/c7-3-5-1-2-6(5)4-8;7-5-3-1-2-4-6(5)8;2*7-4(8)6(5(9)10)2-1-3-6;6-4-5-2-1-3-7-5;4-2(5)1-3(6)7;1-2(4)3(5)6;;;;;;;;;;;/h2*5-6H,1-4,7-8H2;2*1-3H2,(H,7,8)(H,9,10);5,7H,1-4,6H2;1H2,(H,4,5)(H,6,7);2,4H,1H3,(H,5,6);2*1H;4*1H3;;;;;/q;;;;;;;;;;;;;;;;;+2/p-2/t;5-,6-;;;5-;;2-;;;;;;;;;;;/m.0..0.0.........../s1. The zero-order valence-electron chi connectivity index (χ0n) is 37.4. The molecular weight excluding hydrogens is 1850 g/mol. The maximum Gasteiger partial charge on any atom is 0 e. The Kier molecular flexibility index (Phi) is 74.5. The van der Waals surface area contributed by atoms with E-state index in [9.17, 15) is 33.6 Å². The monoisotopic (exact) mass is 1920 g/mol. The van der Waals surface area contributed by atoms with E-state index in [1.165, 1.54) is 52.0 Å². The molecule has 0 radical (unpaired) electrons. The van der Waals surface area contributed by atoms with Gasteiger partial charge in [-0.05, 0) is 115 Å². The summed E-state index contributed by atoms with van der Waals surface area (Å²) in [5.41, 5.74) is 24.7. The van der Waals surface area contributed by atoms with Crippen LogP contribution in [0.4, 0.5) is 0 Å². The van der Waals surface area contributed by atoms with Crippen LogP contribution >= 0.6 is 18.8 Å². The van der Waals surface area contributed by atoms with Gasteiger partial charge < -0.3 is 99.4 Å². The van der Waals surface area contributed by atoms with Gasteiger partial charge in [-0.3, -0.25) is 28.8 Å². The fourth-order valence-electron chi connectivity index (χ4n) is 5.63. The van der Waals surface area contributed by atoms with E-state index >= 15 is 0 Å². The molecule has 6 atom stereocenters. The van der Waals surface area contributed by atoms with E-state index in [4.69, 9.17) is 88.4 Å².